The molecule has 2 aromatic rings. The molecule has 5 heteroatoms. The van der Waals surface area contributed by atoms with Crippen LogP contribution in [0.15, 0.2) is 53.6 Å². The first-order chi connectivity index (χ1) is 11.1. The molecule has 0 radical (unpaired) electrons. The molecular weight excluding hydrogens is 312 g/mol. The molecule has 120 valence electrons. The van der Waals surface area contributed by atoms with E-state index in [-0.39, 0.29) is 5.91 Å². The highest BCUT2D eigenvalue weighted by Gasteiger charge is 2.13. The molecule has 0 aromatic heterocycles. The van der Waals surface area contributed by atoms with E-state index in [1.54, 1.807) is 37.4 Å². The first-order valence-electron chi connectivity index (χ1n) is 7.42. The molecule has 1 atom stereocenters. The van der Waals surface area contributed by atoms with E-state index in [1.165, 1.54) is 5.56 Å². The highest BCUT2D eigenvalue weighted by Crippen LogP contribution is 2.16. The van der Waals surface area contributed by atoms with Crippen molar-refractivity contribution in [3.63, 3.8) is 0 Å². The molecule has 2 rings (SSSR count). The topological polar surface area (TPSA) is 50.7 Å². The Morgan fingerprint density at radius 2 is 1.87 bits per heavy atom. The lowest BCUT2D eigenvalue weighted by Crippen LogP contribution is -2.33. The highest BCUT2D eigenvalue weighted by atomic mass is 35.5. The summed E-state index contributed by atoms with van der Waals surface area (Å²) >= 11 is 5.80. The molecule has 1 N–H and O–H groups in total. The molecule has 1 unspecified atom stereocenters. The number of nitrogens with one attached hydrogen (secondary N) is 1. The van der Waals surface area contributed by atoms with Crippen molar-refractivity contribution in [1.82, 2.24) is 5.43 Å². The number of halogens is 1. The Kier molecular flexibility index (Phi) is 6.18. The van der Waals surface area contributed by atoms with Gasteiger partial charge in [-0.3, -0.25) is 4.79 Å². The SMILES string of the molecule is CCc1ccc(C=NNC(=O)C(C)Oc2ccc(Cl)cc2)cc1. The minimum atomic E-state index is -0.657. The Hall–Kier alpha value is -2.33. The minimum Gasteiger partial charge on any atom is -0.481 e. The van der Waals surface area contributed by atoms with E-state index in [2.05, 4.69) is 17.5 Å². The van der Waals surface area contributed by atoms with Gasteiger partial charge in [-0.05, 0) is 48.7 Å². The Labute approximate surface area is 141 Å². The fourth-order valence-corrected chi connectivity index (χ4v) is 2.00. The van der Waals surface area contributed by atoms with Gasteiger partial charge in [-0.25, -0.2) is 5.43 Å². The summed E-state index contributed by atoms with van der Waals surface area (Å²) in [5.74, 6) is 0.262. The predicted molar refractivity (Wildman–Crippen MR) is 93.1 cm³/mol. The number of carbonyl (C=O) groups excluding carboxylic acids is 1. The van der Waals surface area contributed by atoms with Gasteiger partial charge in [-0.2, -0.15) is 5.10 Å². The van der Waals surface area contributed by atoms with Crippen molar-refractivity contribution < 1.29 is 9.53 Å². The van der Waals surface area contributed by atoms with Crippen LogP contribution in [0.3, 0.4) is 0 Å². The van der Waals surface area contributed by atoms with Crippen LogP contribution in [-0.4, -0.2) is 18.2 Å². The molecule has 0 aliphatic heterocycles. The summed E-state index contributed by atoms with van der Waals surface area (Å²) in [5, 5.41) is 4.57. The summed E-state index contributed by atoms with van der Waals surface area (Å²) in [6.45, 7) is 3.76. The van der Waals surface area contributed by atoms with Crippen LogP contribution < -0.4 is 10.2 Å². The lowest BCUT2D eigenvalue weighted by molar-refractivity contribution is -0.127. The molecule has 23 heavy (non-hydrogen) atoms. The summed E-state index contributed by atoms with van der Waals surface area (Å²) < 4.78 is 5.52. The van der Waals surface area contributed by atoms with Crippen LogP contribution in [-0.2, 0) is 11.2 Å². The van der Waals surface area contributed by atoms with Gasteiger partial charge in [-0.15, -0.1) is 0 Å². The number of hydrazone groups is 1. The maximum atomic E-state index is 11.9. The van der Waals surface area contributed by atoms with Gasteiger partial charge in [0, 0.05) is 5.02 Å². The van der Waals surface area contributed by atoms with Gasteiger partial charge in [0.25, 0.3) is 5.91 Å². The molecule has 0 heterocycles. The normalized spacial score (nSPS) is 12.1. The van der Waals surface area contributed by atoms with Crippen LogP contribution in [0.1, 0.15) is 25.0 Å². The second kappa shape index (κ2) is 8.34. The standard InChI is InChI=1S/C18H19ClN2O2/c1-3-14-4-6-15(7-5-14)12-20-21-18(22)13(2)23-17-10-8-16(19)9-11-17/h4-13H,3H2,1-2H3,(H,21,22). The third-order valence-electron chi connectivity index (χ3n) is 3.27. The molecule has 0 aliphatic carbocycles. The van der Waals surface area contributed by atoms with Gasteiger partial charge in [0.05, 0.1) is 6.21 Å². The van der Waals surface area contributed by atoms with Crippen molar-refractivity contribution in [1.29, 1.82) is 0 Å². The third kappa shape index (κ3) is 5.42. The number of hydrogen-bond donors (Lipinski definition) is 1. The second-order valence-electron chi connectivity index (χ2n) is 5.04. The van der Waals surface area contributed by atoms with Crippen molar-refractivity contribution in [3.05, 3.63) is 64.7 Å². The van der Waals surface area contributed by atoms with Crippen LogP contribution in [0.25, 0.3) is 0 Å². The van der Waals surface area contributed by atoms with E-state index in [9.17, 15) is 4.79 Å². The van der Waals surface area contributed by atoms with Crippen LogP contribution in [0.2, 0.25) is 5.02 Å². The Morgan fingerprint density at radius 3 is 2.48 bits per heavy atom. The zero-order valence-corrected chi connectivity index (χ0v) is 13.9. The van der Waals surface area contributed by atoms with E-state index < -0.39 is 6.10 Å². The molecule has 0 fully saturated rings. The maximum absolute atomic E-state index is 11.9. The molecule has 0 saturated carbocycles. The number of amides is 1. The average molecular weight is 331 g/mol. The van der Waals surface area contributed by atoms with E-state index in [0.29, 0.717) is 10.8 Å². The lowest BCUT2D eigenvalue weighted by atomic mass is 10.1. The van der Waals surface area contributed by atoms with Gasteiger partial charge >= 0.3 is 0 Å². The van der Waals surface area contributed by atoms with Crippen molar-refractivity contribution in [2.45, 2.75) is 26.4 Å². The quantitative estimate of drug-likeness (QED) is 0.646. The fourth-order valence-electron chi connectivity index (χ4n) is 1.87. The van der Waals surface area contributed by atoms with E-state index in [0.717, 1.165) is 12.0 Å². The molecule has 0 aliphatic rings. The van der Waals surface area contributed by atoms with Crippen molar-refractivity contribution in [2.24, 2.45) is 5.10 Å². The second-order valence-corrected chi connectivity index (χ2v) is 5.48. The molecule has 1 amide bonds. The number of ether oxygens (including phenoxy) is 1. The Bertz CT molecular complexity index is 666. The molecule has 2 aromatic carbocycles. The molecule has 0 spiro atoms. The first-order valence-corrected chi connectivity index (χ1v) is 7.80. The fraction of sp³-hybridized carbons (Fsp3) is 0.222. The van der Waals surface area contributed by atoms with Crippen molar-refractivity contribution in [2.75, 3.05) is 0 Å². The molecule has 4 nitrogen and oxygen atoms in total. The van der Waals surface area contributed by atoms with E-state index in [1.807, 2.05) is 24.3 Å². The summed E-state index contributed by atoms with van der Waals surface area (Å²) in [4.78, 5) is 11.9. The van der Waals surface area contributed by atoms with Crippen molar-refractivity contribution in [3.8, 4) is 5.75 Å². The number of benzene rings is 2. The number of aryl methyl sites for hydroxylation is 1. The lowest BCUT2D eigenvalue weighted by Gasteiger charge is -2.12. The average Bonchev–Trinajstić information content (AvgIpc) is 2.57. The van der Waals surface area contributed by atoms with E-state index in [4.69, 9.17) is 16.3 Å². The van der Waals surface area contributed by atoms with Crippen LogP contribution in [0.4, 0.5) is 0 Å². The summed E-state index contributed by atoms with van der Waals surface area (Å²) in [6.07, 6.45) is 1.94. The zero-order chi connectivity index (χ0) is 16.7. The first kappa shape index (κ1) is 17.0. The van der Waals surface area contributed by atoms with Gasteiger partial charge in [0.15, 0.2) is 6.10 Å². The van der Waals surface area contributed by atoms with Crippen LogP contribution in [0, 0.1) is 0 Å². The molecule has 0 bridgehead atoms. The smallest absolute Gasteiger partial charge is 0.280 e. The third-order valence-corrected chi connectivity index (χ3v) is 3.52. The predicted octanol–water partition coefficient (Wildman–Crippen LogP) is 3.82. The monoisotopic (exact) mass is 330 g/mol. The minimum absolute atomic E-state index is 0.318. The van der Waals surface area contributed by atoms with Crippen LogP contribution >= 0.6 is 11.6 Å². The molecule has 0 saturated heterocycles. The molecular formula is C18H19ClN2O2. The van der Waals surface area contributed by atoms with Crippen LogP contribution in [0.5, 0.6) is 5.75 Å². The largest absolute Gasteiger partial charge is 0.481 e. The zero-order valence-electron chi connectivity index (χ0n) is 13.1. The van der Waals surface area contributed by atoms with Crippen molar-refractivity contribution >= 4 is 23.7 Å². The van der Waals surface area contributed by atoms with Gasteiger partial charge < -0.3 is 4.74 Å². The van der Waals surface area contributed by atoms with E-state index >= 15 is 0 Å². The number of carbonyl (C=O) groups is 1. The number of rotatable bonds is 6. The Balaban J connectivity index is 1.85. The van der Waals surface area contributed by atoms with Gasteiger partial charge in [-0.1, -0.05) is 42.8 Å². The Morgan fingerprint density at radius 1 is 1.22 bits per heavy atom. The van der Waals surface area contributed by atoms with Gasteiger partial charge in [0.2, 0.25) is 0 Å². The highest BCUT2D eigenvalue weighted by molar-refractivity contribution is 6.30. The maximum Gasteiger partial charge on any atom is 0.280 e. The summed E-state index contributed by atoms with van der Waals surface area (Å²) in [5.41, 5.74) is 4.66. The number of nitrogens with zero attached hydrogens (tertiary/aromatic N) is 1. The van der Waals surface area contributed by atoms with Gasteiger partial charge in [0.1, 0.15) is 5.75 Å². The summed E-state index contributed by atoms with van der Waals surface area (Å²) in [7, 11) is 0. The summed E-state index contributed by atoms with van der Waals surface area (Å²) in [6, 6.07) is 14.8. The number of hydrogen-bond acceptors (Lipinski definition) is 3.